The molecule has 0 spiro atoms. The third-order valence-electron chi connectivity index (χ3n) is 5.54. The summed E-state index contributed by atoms with van der Waals surface area (Å²) in [4.78, 5) is 27.9. The van der Waals surface area contributed by atoms with Crippen LogP contribution < -0.4 is 5.32 Å². The maximum atomic E-state index is 13.1. The van der Waals surface area contributed by atoms with Crippen LogP contribution in [0.25, 0.3) is 0 Å². The van der Waals surface area contributed by atoms with Crippen molar-refractivity contribution >= 4 is 11.7 Å². The van der Waals surface area contributed by atoms with Gasteiger partial charge in [0.05, 0.1) is 23.6 Å². The van der Waals surface area contributed by atoms with Gasteiger partial charge in [-0.15, -0.1) is 0 Å². The Balaban J connectivity index is 1.62. The summed E-state index contributed by atoms with van der Waals surface area (Å²) in [6.07, 6.45) is 1.08. The molecule has 5 nitrogen and oxygen atoms in total. The van der Waals surface area contributed by atoms with E-state index in [-0.39, 0.29) is 17.7 Å². The van der Waals surface area contributed by atoms with Gasteiger partial charge in [-0.1, -0.05) is 18.2 Å². The molecule has 4 rings (SSSR count). The lowest BCUT2D eigenvalue weighted by molar-refractivity contribution is 0.0787. The van der Waals surface area contributed by atoms with Gasteiger partial charge >= 0.3 is 0 Å². The number of hydrogen-bond donors (Lipinski definition) is 1. The number of nitrogens with one attached hydrogen (secondary N) is 1. The van der Waals surface area contributed by atoms with Gasteiger partial charge in [-0.05, 0) is 25.3 Å². The third-order valence-corrected chi connectivity index (χ3v) is 5.54. The van der Waals surface area contributed by atoms with E-state index in [2.05, 4.69) is 10.2 Å². The van der Waals surface area contributed by atoms with Crippen LogP contribution in [0, 0.1) is 11.3 Å². The summed E-state index contributed by atoms with van der Waals surface area (Å²) < 4.78 is 5.45. The van der Waals surface area contributed by atoms with E-state index < -0.39 is 5.41 Å². The number of hydrogen-bond acceptors (Lipinski definition) is 4. The van der Waals surface area contributed by atoms with Crippen molar-refractivity contribution in [3.05, 3.63) is 35.4 Å². The van der Waals surface area contributed by atoms with E-state index in [4.69, 9.17) is 4.74 Å². The lowest BCUT2D eigenvalue weighted by atomic mass is 9.78. The molecule has 23 heavy (non-hydrogen) atoms. The molecule has 0 aliphatic carbocycles. The zero-order valence-electron chi connectivity index (χ0n) is 13.4. The van der Waals surface area contributed by atoms with Crippen molar-refractivity contribution in [1.29, 1.82) is 0 Å². The molecule has 2 saturated heterocycles. The fourth-order valence-corrected chi connectivity index (χ4v) is 4.19. The van der Waals surface area contributed by atoms with E-state index in [1.54, 1.807) is 12.1 Å². The van der Waals surface area contributed by atoms with Gasteiger partial charge < -0.3 is 10.1 Å². The zero-order chi connectivity index (χ0) is 16.0. The Morgan fingerprint density at radius 3 is 2.83 bits per heavy atom. The van der Waals surface area contributed by atoms with Crippen LogP contribution in [0.5, 0.6) is 0 Å². The van der Waals surface area contributed by atoms with Gasteiger partial charge in [-0.25, -0.2) is 0 Å². The molecule has 1 aromatic carbocycles. The molecule has 3 atom stereocenters. The number of likely N-dealkylation sites (tertiary alicyclic amines) is 1. The second-order valence-corrected chi connectivity index (χ2v) is 7.24. The Morgan fingerprint density at radius 2 is 2.09 bits per heavy atom. The number of amides is 1. The van der Waals surface area contributed by atoms with Crippen LogP contribution in [-0.4, -0.2) is 55.5 Å². The highest BCUT2D eigenvalue weighted by Gasteiger charge is 2.51. The molecule has 0 radical (unpaired) electrons. The molecule has 3 heterocycles. The van der Waals surface area contributed by atoms with Crippen molar-refractivity contribution in [3.63, 3.8) is 0 Å². The second-order valence-electron chi connectivity index (χ2n) is 7.24. The summed E-state index contributed by atoms with van der Waals surface area (Å²) >= 11 is 0. The maximum absolute atomic E-state index is 13.1. The van der Waals surface area contributed by atoms with Gasteiger partial charge in [0, 0.05) is 31.8 Å². The van der Waals surface area contributed by atoms with Crippen LogP contribution >= 0.6 is 0 Å². The normalized spacial score (nSPS) is 34.0. The van der Waals surface area contributed by atoms with E-state index in [0.29, 0.717) is 23.6 Å². The van der Waals surface area contributed by atoms with E-state index in [1.807, 2.05) is 19.1 Å². The van der Waals surface area contributed by atoms with Crippen LogP contribution in [0.1, 0.15) is 34.1 Å². The smallest absolute Gasteiger partial charge is 0.252 e. The number of nitrogens with zero attached hydrogens (tertiary/aromatic N) is 1. The van der Waals surface area contributed by atoms with Gasteiger partial charge in [0.15, 0.2) is 5.78 Å². The number of ether oxygens (including phenoxy) is 1. The average molecular weight is 314 g/mol. The number of rotatable bonds is 2. The van der Waals surface area contributed by atoms with Crippen molar-refractivity contribution in [2.45, 2.75) is 19.4 Å². The number of Topliss-reactive ketones (excluding diaryl/α,β-unsaturated/α-hetero) is 1. The number of carbonyl (C=O) groups is 2. The van der Waals surface area contributed by atoms with E-state index in [9.17, 15) is 9.59 Å². The second kappa shape index (κ2) is 5.42. The van der Waals surface area contributed by atoms with Crippen LogP contribution in [0.3, 0.4) is 0 Å². The maximum Gasteiger partial charge on any atom is 0.252 e. The van der Waals surface area contributed by atoms with Gasteiger partial charge in [-0.3, -0.25) is 14.5 Å². The largest absolute Gasteiger partial charge is 0.381 e. The molecule has 2 fully saturated rings. The molecule has 122 valence electrons. The van der Waals surface area contributed by atoms with E-state index in [1.165, 1.54) is 0 Å². The summed E-state index contributed by atoms with van der Waals surface area (Å²) in [5.74, 6) is 0.495. The number of fused-ring (bicyclic) bond motifs is 2. The van der Waals surface area contributed by atoms with Crippen molar-refractivity contribution in [2.75, 3.05) is 32.8 Å². The predicted molar refractivity (Wildman–Crippen MR) is 85.5 cm³/mol. The molecule has 0 bridgehead atoms. The van der Waals surface area contributed by atoms with Gasteiger partial charge in [0.1, 0.15) is 0 Å². The lowest BCUT2D eigenvalue weighted by Crippen LogP contribution is -2.47. The summed E-state index contributed by atoms with van der Waals surface area (Å²) in [5, 5.41) is 3.09. The Morgan fingerprint density at radius 1 is 1.30 bits per heavy atom. The van der Waals surface area contributed by atoms with Crippen LogP contribution in [0.2, 0.25) is 0 Å². The van der Waals surface area contributed by atoms with Crippen molar-refractivity contribution < 1.29 is 14.3 Å². The minimum absolute atomic E-state index is 0.0848. The van der Waals surface area contributed by atoms with Crippen molar-refractivity contribution in [2.24, 2.45) is 11.3 Å². The molecule has 3 aliphatic heterocycles. The van der Waals surface area contributed by atoms with Gasteiger partial charge in [0.2, 0.25) is 0 Å². The molecule has 3 aliphatic rings. The van der Waals surface area contributed by atoms with Crippen molar-refractivity contribution in [3.8, 4) is 0 Å². The number of ketones is 1. The quantitative estimate of drug-likeness (QED) is 0.895. The Kier molecular flexibility index (Phi) is 3.50. The molecular formula is C18H22N2O3. The average Bonchev–Trinajstić information content (AvgIpc) is 3.14. The number of carbonyl (C=O) groups excluding carboxylic acids is 2. The van der Waals surface area contributed by atoms with Gasteiger partial charge in [-0.2, -0.15) is 0 Å². The Bertz CT molecular complexity index is 653. The highest BCUT2D eigenvalue weighted by Crippen LogP contribution is 2.37. The Hall–Kier alpha value is -1.72. The number of benzene rings is 1. The molecule has 5 heteroatoms. The molecule has 1 N–H and O–H groups in total. The van der Waals surface area contributed by atoms with Crippen LogP contribution in [0.15, 0.2) is 24.3 Å². The van der Waals surface area contributed by atoms with Crippen molar-refractivity contribution in [1.82, 2.24) is 10.2 Å². The van der Waals surface area contributed by atoms with E-state index >= 15 is 0 Å². The molecule has 0 saturated carbocycles. The first kappa shape index (κ1) is 14.8. The highest BCUT2D eigenvalue weighted by molar-refractivity contribution is 6.12. The summed E-state index contributed by atoms with van der Waals surface area (Å²) in [5.41, 5.74) is 0.506. The minimum Gasteiger partial charge on any atom is -0.381 e. The fourth-order valence-electron chi connectivity index (χ4n) is 4.19. The molecule has 1 unspecified atom stereocenters. The fraction of sp³-hybridized carbons (Fsp3) is 0.556. The molecule has 0 aromatic heterocycles. The predicted octanol–water partition coefficient (Wildman–Crippen LogP) is 1.34. The van der Waals surface area contributed by atoms with Crippen LogP contribution in [-0.2, 0) is 4.74 Å². The summed E-state index contributed by atoms with van der Waals surface area (Å²) in [6, 6.07) is 7.02. The first-order valence-corrected chi connectivity index (χ1v) is 8.33. The SMILES string of the molecule is C[C@]12CN(CC3CCOC3)C[C@H]1NC(=O)c1ccccc1C2=O. The Labute approximate surface area is 136 Å². The third kappa shape index (κ3) is 2.39. The minimum atomic E-state index is -0.554. The first-order chi connectivity index (χ1) is 11.1. The monoisotopic (exact) mass is 314 g/mol. The molecule has 1 aromatic rings. The lowest BCUT2D eigenvalue weighted by Gasteiger charge is -2.27. The topological polar surface area (TPSA) is 58.6 Å². The first-order valence-electron chi connectivity index (χ1n) is 8.33. The van der Waals surface area contributed by atoms with Crippen LogP contribution in [0.4, 0.5) is 0 Å². The van der Waals surface area contributed by atoms with E-state index in [0.717, 1.165) is 32.7 Å². The molecule has 1 amide bonds. The summed E-state index contributed by atoms with van der Waals surface area (Å²) in [6.45, 7) is 6.01. The zero-order valence-corrected chi connectivity index (χ0v) is 13.4. The molecular weight excluding hydrogens is 292 g/mol. The highest BCUT2D eigenvalue weighted by atomic mass is 16.5. The standard InChI is InChI=1S/C18H22N2O3/c1-18-11-20(8-12-6-7-23-10-12)9-15(18)19-17(22)14-5-3-2-4-13(14)16(18)21/h2-5,12,15H,6-11H2,1H3,(H,19,22)/t12?,15-,18+/m1/s1. The van der Waals surface area contributed by atoms with Gasteiger partial charge in [0.25, 0.3) is 5.91 Å². The summed E-state index contributed by atoms with van der Waals surface area (Å²) in [7, 11) is 0.